The summed E-state index contributed by atoms with van der Waals surface area (Å²) in [6.45, 7) is 2.87. The average molecular weight is 327 g/mol. The molecule has 0 saturated heterocycles. The Morgan fingerprint density at radius 1 is 1.42 bits per heavy atom. The number of hydrogen-bond acceptors (Lipinski definition) is 3. The minimum absolute atomic E-state index is 0.136. The maximum Gasteiger partial charge on any atom is 0.0555 e. The highest BCUT2D eigenvalue weighted by atomic mass is 79.9. The number of nitrogen functional groups attached to an aromatic ring is 1. The monoisotopic (exact) mass is 326 g/mol. The molecule has 0 bridgehead atoms. The summed E-state index contributed by atoms with van der Waals surface area (Å²) in [5, 5.41) is 9.78. The highest BCUT2D eigenvalue weighted by molar-refractivity contribution is 9.10. The quantitative estimate of drug-likeness (QED) is 0.839. The maximum absolute atomic E-state index is 9.78. The molecule has 3 nitrogen and oxygen atoms in total. The average Bonchev–Trinajstić information content (AvgIpc) is 2.35. The van der Waals surface area contributed by atoms with Crippen LogP contribution in [0.4, 0.5) is 5.69 Å². The van der Waals surface area contributed by atoms with Crippen LogP contribution < -0.4 is 5.73 Å². The molecule has 2 atom stereocenters. The van der Waals surface area contributed by atoms with Crippen molar-refractivity contribution in [3.8, 4) is 0 Å². The van der Waals surface area contributed by atoms with Crippen LogP contribution in [0.1, 0.15) is 36.8 Å². The normalized spacial score (nSPS) is 23.8. The van der Waals surface area contributed by atoms with Crippen molar-refractivity contribution in [3.63, 3.8) is 0 Å². The Labute approximate surface area is 123 Å². The van der Waals surface area contributed by atoms with E-state index < -0.39 is 0 Å². The van der Waals surface area contributed by atoms with Gasteiger partial charge in [-0.3, -0.25) is 4.90 Å². The molecule has 1 aromatic carbocycles. The van der Waals surface area contributed by atoms with Gasteiger partial charge in [-0.15, -0.1) is 0 Å². The number of rotatable bonds is 3. The van der Waals surface area contributed by atoms with Gasteiger partial charge < -0.3 is 10.8 Å². The third-order valence-corrected chi connectivity index (χ3v) is 4.56. The van der Waals surface area contributed by atoms with Gasteiger partial charge in [-0.25, -0.2) is 0 Å². The van der Waals surface area contributed by atoms with Crippen molar-refractivity contribution in [2.24, 2.45) is 0 Å². The van der Waals surface area contributed by atoms with Crippen LogP contribution in [0.5, 0.6) is 0 Å². The van der Waals surface area contributed by atoms with Gasteiger partial charge in [0.05, 0.1) is 6.10 Å². The Balaban J connectivity index is 2.08. The second kappa shape index (κ2) is 6.25. The second-order valence-electron chi connectivity index (χ2n) is 5.68. The molecule has 1 aromatic rings. The summed E-state index contributed by atoms with van der Waals surface area (Å²) in [7, 11) is 2.12. The molecule has 4 heteroatoms. The topological polar surface area (TPSA) is 49.5 Å². The van der Waals surface area contributed by atoms with Crippen LogP contribution in [-0.4, -0.2) is 29.2 Å². The molecular formula is C15H23BrN2O. The third-order valence-electron chi connectivity index (χ3n) is 4.10. The first-order chi connectivity index (χ1) is 8.97. The van der Waals surface area contributed by atoms with Crippen molar-refractivity contribution in [2.45, 2.75) is 51.3 Å². The van der Waals surface area contributed by atoms with Crippen LogP contribution in [-0.2, 0) is 6.54 Å². The van der Waals surface area contributed by atoms with Gasteiger partial charge in [-0.2, -0.15) is 0 Å². The number of hydrogen-bond donors (Lipinski definition) is 2. The van der Waals surface area contributed by atoms with Crippen molar-refractivity contribution in [2.75, 3.05) is 12.8 Å². The zero-order valence-corrected chi connectivity index (χ0v) is 13.3. The predicted octanol–water partition coefficient (Wildman–Crippen LogP) is 3.08. The number of aliphatic hydroxyl groups is 1. The van der Waals surface area contributed by atoms with E-state index >= 15 is 0 Å². The van der Waals surface area contributed by atoms with E-state index in [9.17, 15) is 5.11 Å². The van der Waals surface area contributed by atoms with Gasteiger partial charge in [0.2, 0.25) is 0 Å². The molecule has 1 aliphatic rings. The Hall–Kier alpha value is -0.580. The Morgan fingerprint density at radius 2 is 2.16 bits per heavy atom. The smallest absolute Gasteiger partial charge is 0.0555 e. The van der Waals surface area contributed by atoms with Crippen LogP contribution in [0.3, 0.4) is 0 Å². The highest BCUT2D eigenvalue weighted by Crippen LogP contribution is 2.27. The summed E-state index contributed by atoms with van der Waals surface area (Å²) in [4.78, 5) is 2.32. The van der Waals surface area contributed by atoms with E-state index in [1.54, 1.807) is 0 Å². The zero-order chi connectivity index (χ0) is 14.0. The van der Waals surface area contributed by atoms with Crippen LogP contribution in [0.15, 0.2) is 16.6 Å². The van der Waals surface area contributed by atoms with E-state index in [2.05, 4.69) is 33.9 Å². The molecule has 1 aliphatic carbocycles. The maximum atomic E-state index is 9.78. The van der Waals surface area contributed by atoms with E-state index in [1.807, 2.05) is 13.0 Å². The second-order valence-corrected chi connectivity index (χ2v) is 6.60. The van der Waals surface area contributed by atoms with Crippen molar-refractivity contribution in [3.05, 3.63) is 27.7 Å². The van der Waals surface area contributed by atoms with Crippen LogP contribution >= 0.6 is 15.9 Å². The van der Waals surface area contributed by atoms with Gasteiger partial charge >= 0.3 is 0 Å². The molecule has 0 heterocycles. The lowest BCUT2D eigenvalue weighted by Crippen LogP contribution is -2.37. The lowest BCUT2D eigenvalue weighted by molar-refractivity contribution is 0.0701. The molecule has 0 radical (unpaired) electrons. The van der Waals surface area contributed by atoms with Gasteiger partial charge in [-0.05, 0) is 62.9 Å². The first-order valence-electron chi connectivity index (χ1n) is 6.90. The number of aliphatic hydroxyl groups excluding tert-OH is 1. The number of nitrogens with two attached hydrogens (primary N) is 1. The third kappa shape index (κ3) is 3.71. The van der Waals surface area contributed by atoms with Gasteiger partial charge in [0, 0.05) is 22.7 Å². The number of anilines is 1. The fourth-order valence-electron chi connectivity index (χ4n) is 2.89. The molecule has 1 saturated carbocycles. The van der Waals surface area contributed by atoms with E-state index in [0.29, 0.717) is 6.04 Å². The molecule has 3 N–H and O–H groups in total. The van der Waals surface area contributed by atoms with E-state index in [0.717, 1.165) is 47.1 Å². The summed E-state index contributed by atoms with van der Waals surface area (Å²) in [6.07, 6.45) is 3.97. The summed E-state index contributed by atoms with van der Waals surface area (Å²) in [5.74, 6) is 0. The summed E-state index contributed by atoms with van der Waals surface area (Å²) >= 11 is 3.53. The van der Waals surface area contributed by atoms with Crippen LogP contribution in [0, 0.1) is 6.92 Å². The number of benzene rings is 1. The Kier molecular flexibility index (Phi) is 4.87. The van der Waals surface area contributed by atoms with Gasteiger partial charge in [0.25, 0.3) is 0 Å². The number of nitrogens with zero attached hydrogens (tertiary/aromatic N) is 1. The Bertz CT molecular complexity index is 450. The Morgan fingerprint density at radius 3 is 2.84 bits per heavy atom. The van der Waals surface area contributed by atoms with Crippen molar-refractivity contribution in [1.29, 1.82) is 0 Å². The highest BCUT2D eigenvalue weighted by Gasteiger charge is 2.23. The molecular weight excluding hydrogens is 304 g/mol. The zero-order valence-electron chi connectivity index (χ0n) is 11.7. The number of halogens is 1. The van der Waals surface area contributed by atoms with Crippen molar-refractivity contribution < 1.29 is 5.11 Å². The first kappa shape index (κ1) is 14.8. The predicted molar refractivity (Wildman–Crippen MR) is 83.0 cm³/mol. The molecule has 0 spiro atoms. The van der Waals surface area contributed by atoms with E-state index in [4.69, 9.17) is 5.73 Å². The van der Waals surface area contributed by atoms with Crippen LogP contribution in [0.2, 0.25) is 0 Å². The fourth-order valence-corrected chi connectivity index (χ4v) is 3.51. The van der Waals surface area contributed by atoms with E-state index in [-0.39, 0.29) is 6.10 Å². The molecule has 19 heavy (non-hydrogen) atoms. The molecule has 1 fully saturated rings. The largest absolute Gasteiger partial charge is 0.398 e. The molecule has 106 valence electrons. The summed E-state index contributed by atoms with van der Waals surface area (Å²) in [6, 6.07) is 4.60. The standard InChI is InChI=1S/C15H23BrN2O/c1-10-6-12(16)7-11(15(10)17)9-18(2)13-4-3-5-14(19)8-13/h6-7,13-14,19H,3-5,8-9,17H2,1-2H3/t13-,14+/m1/s1. The first-order valence-corrected chi connectivity index (χ1v) is 7.69. The van der Waals surface area contributed by atoms with Crippen molar-refractivity contribution >= 4 is 21.6 Å². The van der Waals surface area contributed by atoms with Gasteiger partial charge in [0.15, 0.2) is 0 Å². The molecule has 0 unspecified atom stereocenters. The lowest BCUT2D eigenvalue weighted by Gasteiger charge is -2.33. The lowest BCUT2D eigenvalue weighted by atomic mass is 9.92. The molecule has 0 amide bonds. The fraction of sp³-hybridized carbons (Fsp3) is 0.600. The van der Waals surface area contributed by atoms with E-state index in [1.165, 1.54) is 6.42 Å². The van der Waals surface area contributed by atoms with Crippen LogP contribution in [0.25, 0.3) is 0 Å². The summed E-state index contributed by atoms with van der Waals surface area (Å²) in [5.41, 5.74) is 9.31. The number of aryl methyl sites for hydroxylation is 1. The SMILES string of the molecule is Cc1cc(Br)cc(CN(C)[C@@H]2CCC[C@H](O)C2)c1N. The van der Waals surface area contributed by atoms with Gasteiger partial charge in [-0.1, -0.05) is 15.9 Å². The molecule has 0 aromatic heterocycles. The minimum Gasteiger partial charge on any atom is -0.398 e. The molecule has 2 rings (SSSR count). The minimum atomic E-state index is -0.136. The van der Waals surface area contributed by atoms with Gasteiger partial charge in [0.1, 0.15) is 0 Å². The summed E-state index contributed by atoms with van der Waals surface area (Å²) < 4.78 is 1.08. The van der Waals surface area contributed by atoms with Crippen molar-refractivity contribution in [1.82, 2.24) is 4.90 Å². The molecule has 0 aliphatic heterocycles.